The van der Waals surface area contributed by atoms with Gasteiger partial charge in [0.1, 0.15) is 10.8 Å². The smallest absolute Gasteiger partial charge is 0.241 e. The number of nitrogens with zero attached hydrogens (tertiary/aromatic N) is 1. The Morgan fingerprint density at radius 2 is 2.19 bits per heavy atom. The molecule has 2 rings (SSSR count). The van der Waals surface area contributed by atoms with E-state index in [1.165, 1.54) is 24.3 Å². The number of hydrogen-bond donors (Lipinski definition) is 2. The third kappa shape index (κ3) is 3.39. The fraction of sp³-hybridized carbons (Fsp3) is 0.308. The van der Waals surface area contributed by atoms with Gasteiger partial charge in [0.2, 0.25) is 10.0 Å². The maximum Gasteiger partial charge on any atom is 0.241 e. The summed E-state index contributed by atoms with van der Waals surface area (Å²) in [5, 5.41) is 2.44. The molecule has 0 aliphatic heterocycles. The highest BCUT2D eigenvalue weighted by molar-refractivity contribution is 7.89. The topological polar surface area (TPSA) is 85.1 Å². The maximum absolute atomic E-state index is 13.7. The van der Waals surface area contributed by atoms with E-state index >= 15 is 0 Å². The summed E-state index contributed by atoms with van der Waals surface area (Å²) < 4.78 is 40.9. The minimum Gasteiger partial charge on any atom is -0.398 e. The van der Waals surface area contributed by atoms with Gasteiger partial charge in [-0.15, -0.1) is 11.3 Å². The summed E-state index contributed by atoms with van der Waals surface area (Å²) in [6, 6.07) is 1.79. The first-order valence-electron chi connectivity index (χ1n) is 6.32. The van der Waals surface area contributed by atoms with E-state index in [1.54, 1.807) is 11.6 Å². The molecular weight excluding hydrogens is 313 g/mol. The quantitative estimate of drug-likeness (QED) is 0.826. The summed E-state index contributed by atoms with van der Waals surface area (Å²) in [5.41, 5.74) is 5.98. The van der Waals surface area contributed by atoms with E-state index in [2.05, 4.69) is 9.71 Å². The van der Waals surface area contributed by atoms with Gasteiger partial charge in [-0.1, -0.05) is 6.92 Å². The predicted molar refractivity (Wildman–Crippen MR) is 81.0 cm³/mol. The summed E-state index contributed by atoms with van der Waals surface area (Å²) in [5.74, 6) is -0.641. The molecule has 0 saturated carbocycles. The monoisotopic (exact) mass is 329 g/mol. The van der Waals surface area contributed by atoms with Gasteiger partial charge < -0.3 is 5.73 Å². The van der Waals surface area contributed by atoms with Crippen molar-refractivity contribution in [2.45, 2.75) is 31.2 Å². The molecule has 8 heteroatoms. The zero-order valence-corrected chi connectivity index (χ0v) is 13.3. The number of rotatable bonds is 5. The van der Waals surface area contributed by atoms with Crippen LogP contribution in [0.4, 0.5) is 10.1 Å². The molecule has 0 amide bonds. The van der Waals surface area contributed by atoms with Crippen molar-refractivity contribution in [2.24, 2.45) is 0 Å². The Labute approximate surface area is 127 Å². The number of hydrogen-bond acceptors (Lipinski definition) is 5. The summed E-state index contributed by atoms with van der Waals surface area (Å²) in [6.45, 7) is 3.34. The Morgan fingerprint density at radius 3 is 2.71 bits per heavy atom. The Bertz CT molecular complexity index is 707. The van der Waals surface area contributed by atoms with E-state index in [0.29, 0.717) is 11.4 Å². The fourth-order valence-corrected chi connectivity index (χ4v) is 3.98. The number of benzene rings is 1. The van der Waals surface area contributed by atoms with Crippen molar-refractivity contribution in [3.05, 3.63) is 40.1 Å². The number of nitrogens with two attached hydrogens (primary N) is 1. The van der Waals surface area contributed by atoms with Crippen molar-refractivity contribution in [1.82, 2.24) is 9.71 Å². The third-order valence-corrected chi connectivity index (χ3v) is 5.46. The van der Waals surface area contributed by atoms with Crippen molar-refractivity contribution in [3.8, 4) is 0 Å². The molecule has 0 spiro atoms. The summed E-state index contributed by atoms with van der Waals surface area (Å²) in [4.78, 5) is 3.92. The zero-order chi connectivity index (χ0) is 15.6. The van der Waals surface area contributed by atoms with Gasteiger partial charge in [0.25, 0.3) is 0 Å². The van der Waals surface area contributed by atoms with Gasteiger partial charge in [-0.25, -0.2) is 22.5 Å². The van der Waals surface area contributed by atoms with Crippen molar-refractivity contribution in [1.29, 1.82) is 0 Å². The average Bonchev–Trinajstić information content (AvgIpc) is 2.95. The molecule has 0 bridgehead atoms. The first-order chi connectivity index (χ1) is 9.85. The third-order valence-electron chi connectivity index (χ3n) is 3.12. The van der Waals surface area contributed by atoms with Crippen LogP contribution < -0.4 is 10.5 Å². The standard InChI is InChI=1S/C13H16FN3O2S2/c1-3-12(13-16-4-5-20-13)17-21(18,19)9-6-10(14)8(2)11(15)7-9/h4-7,12,17H,3,15H2,1-2H3. The molecule has 1 aromatic carbocycles. The van der Waals surface area contributed by atoms with Crippen LogP contribution in [0.1, 0.15) is 30.0 Å². The van der Waals surface area contributed by atoms with Crippen LogP contribution in [-0.2, 0) is 10.0 Å². The Kier molecular flexibility index (Phi) is 4.60. The van der Waals surface area contributed by atoms with Crippen molar-refractivity contribution < 1.29 is 12.8 Å². The van der Waals surface area contributed by atoms with Gasteiger partial charge in [0.05, 0.1) is 10.9 Å². The Morgan fingerprint density at radius 1 is 1.48 bits per heavy atom. The second-order valence-corrected chi connectivity index (χ2v) is 7.21. The van der Waals surface area contributed by atoms with Crippen LogP contribution in [0.3, 0.4) is 0 Å². The molecule has 1 atom stereocenters. The highest BCUT2D eigenvalue weighted by Crippen LogP contribution is 2.25. The zero-order valence-electron chi connectivity index (χ0n) is 11.6. The molecule has 0 radical (unpaired) electrons. The van der Waals surface area contributed by atoms with Crippen LogP contribution in [0.5, 0.6) is 0 Å². The van der Waals surface area contributed by atoms with E-state index in [1.807, 2.05) is 6.92 Å². The van der Waals surface area contributed by atoms with Crippen molar-refractivity contribution >= 4 is 27.0 Å². The second kappa shape index (κ2) is 6.08. The summed E-state index contributed by atoms with van der Waals surface area (Å²) in [6.07, 6.45) is 2.15. The van der Waals surface area contributed by atoms with Gasteiger partial charge in [0.15, 0.2) is 0 Å². The predicted octanol–water partition coefficient (Wildman–Crippen LogP) is 2.60. The molecule has 0 aliphatic rings. The number of thiazole rings is 1. The van der Waals surface area contributed by atoms with E-state index in [-0.39, 0.29) is 16.1 Å². The first-order valence-corrected chi connectivity index (χ1v) is 8.68. The minimum atomic E-state index is -3.86. The first kappa shape index (κ1) is 15.9. The number of halogens is 1. The number of aromatic nitrogens is 1. The minimum absolute atomic E-state index is 0.109. The highest BCUT2D eigenvalue weighted by Gasteiger charge is 2.23. The molecule has 0 saturated heterocycles. The lowest BCUT2D eigenvalue weighted by atomic mass is 10.2. The van der Waals surface area contributed by atoms with Crippen LogP contribution >= 0.6 is 11.3 Å². The molecule has 0 aliphatic carbocycles. The number of nitrogens with one attached hydrogen (secondary N) is 1. The van der Waals surface area contributed by atoms with Gasteiger partial charge in [-0.3, -0.25) is 0 Å². The molecule has 1 aromatic heterocycles. The largest absolute Gasteiger partial charge is 0.398 e. The molecule has 5 nitrogen and oxygen atoms in total. The fourth-order valence-electron chi connectivity index (χ4n) is 1.80. The van der Waals surface area contributed by atoms with Crippen LogP contribution in [-0.4, -0.2) is 13.4 Å². The molecule has 21 heavy (non-hydrogen) atoms. The van der Waals surface area contributed by atoms with E-state index in [0.717, 1.165) is 6.07 Å². The number of sulfonamides is 1. The Hall–Kier alpha value is -1.51. The van der Waals surface area contributed by atoms with E-state index < -0.39 is 21.9 Å². The summed E-state index contributed by atoms with van der Waals surface area (Å²) in [7, 11) is -3.86. The maximum atomic E-state index is 13.7. The lowest BCUT2D eigenvalue weighted by Crippen LogP contribution is -2.28. The number of anilines is 1. The molecule has 0 fully saturated rings. The normalized spacial score (nSPS) is 13.3. The lowest BCUT2D eigenvalue weighted by molar-refractivity contribution is 0.547. The highest BCUT2D eigenvalue weighted by atomic mass is 32.2. The summed E-state index contributed by atoms with van der Waals surface area (Å²) >= 11 is 1.36. The molecule has 114 valence electrons. The molecule has 1 heterocycles. The molecule has 3 N–H and O–H groups in total. The SMILES string of the molecule is CCC(NS(=O)(=O)c1cc(N)c(C)c(F)c1)c1nccs1. The van der Waals surface area contributed by atoms with Gasteiger partial charge in [0, 0.05) is 22.8 Å². The molecule has 2 aromatic rings. The van der Waals surface area contributed by atoms with Crippen LogP contribution in [0.2, 0.25) is 0 Å². The van der Waals surface area contributed by atoms with Gasteiger partial charge in [-0.2, -0.15) is 0 Å². The van der Waals surface area contributed by atoms with Crippen molar-refractivity contribution in [2.75, 3.05) is 5.73 Å². The lowest BCUT2D eigenvalue weighted by Gasteiger charge is -2.15. The molecular formula is C13H16FN3O2S2. The average molecular weight is 329 g/mol. The molecule has 1 unspecified atom stereocenters. The van der Waals surface area contributed by atoms with E-state index in [4.69, 9.17) is 5.73 Å². The van der Waals surface area contributed by atoms with Crippen molar-refractivity contribution in [3.63, 3.8) is 0 Å². The van der Waals surface area contributed by atoms with Gasteiger partial charge >= 0.3 is 0 Å². The van der Waals surface area contributed by atoms with Crippen LogP contribution in [0.25, 0.3) is 0 Å². The van der Waals surface area contributed by atoms with E-state index in [9.17, 15) is 12.8 Å². The van der Waals surface area contributed by atoms with Crippen LogP contribution in [0, 0.1) is 12.7 Å². The van der Waals surface area contributed by atoms with Gasteiger partial charge in [-0.05, 0) is 25.5 Å². The number of nitrogen functional groups attached to an aromatic ring is 1. The van der Waals surface area contributed by atoms with Crippen LogP contribution in [0.15, 0.2) is 28.6 Å². The Balaban J connectivity index is 2.34. The second-order valence-electron chi connectivity index (χ2n) is 4.57.